The number of nitrogens with one attached hydrogen (secondary N) is 1. The van der Waals surface area contributed by atoms with Crippen LogP contribution in [0.3, 0.4) is 0 Å². The Kier molecular flexibility index (Phi) is 4.32. The molecule has 1 aliphatic rings. The average Bonchev–Trinajstić information content (AvgIpc) is 3.12. The van der Waals surface area contributed by atoms with Gasteiger partial charge in [0.1, 0.15) is 0 Å². The maximum Gasteiger partial charge on any atom is 0.183 e. The first-order valence-electron chi connectivity index (χ1n) is 9.31. The quantitative estimate of drug-likeness (QED) is 0.634. The Hall–Kier alpha value is -1.81. The zero-order valence-electron chi connectivity index (χ0n) is 15.6. The van der Waals surface area contributed by atoms with Crippen molar-refractivity contribution >= 4 is 27.4 Å². The molecule has 0 radical (unpaired) electrons. The molecule has 3 nitrogen and oxygen atoms in total. The van der Waals surface area contributed by atoms with Gasteiger partial charge in [0.05, 0.1) is 5.69 Å². The molecule has 0 amide bonds. The number of rotatable bonds is 3. The van der Waals surface area contributed by atoms with E-state index >= 15 is 0 Å². The van der Waals surface area contributed by atoms with E-state index in [1.165, 1.54) is 53.4 Å². The molecule has 4 heteroatoms. The fourth-order valence-corrected chi connectivity index (χ4v) is 4.97. The molecule has 2 heterocycles. The standard InChI is InChI=1S/C21H27N3S/c1-13-6-5-7-16(10-13)22-21-23-18(12-25-21)20-15(3)24(4)19-11-14(2)8-9-17(19)20/h8-9,11-13,16H,5-7,10H2,1-4H3,(H,22,23). The SMILES string of the molecule is Cc1ccc2c(-c3csc(NC4CCCC(C)C4)n3)c(C)n(C)c2c1. The van der Waals surface area contributed by atoms with Gasteiger partial charge in [-0.05, 0) is 44.2 Å². The minimum Gasteiger partial charge on any atom is -0.359 e. The molecule has 132 valence electrons. The summed E-state index contributed by atoms with van der Waals surface area (Å²) in [5.41, 5.74) is 6.24. The second kappa shape index (κ2) is 6.49. The Morgan fingerprint density at radius 2 is 2.08 bits per heavy atom. The van der Waals surface area contributed by atoms with Crippen LogP contribution in [-0.2, 0) is 7.05 Å². The highest BCUT2D eigenvalue weighted by Crippen LogP contribution is 2.36. The van der Waals surface area contributed by atoms with E-state index in [-0.39, 0.29) is 0 Å². The van der Waals surface area contributed by atoms with E-state index < -0.39 is 0 Å². The molecule has 1 aromatic carbocycles. The number of thiazole rings is 1. The highest BCUT2D eigenvalue weighted by atomic mass is 32.1. The molecule has 0 saturated heterocycles. The van der Waals surface area contributed by atoms with Crippen LogP contribution < -0.4 is 5.32 Å². The molecular formula is C21H27N3S. The minimum absolute atomic E-state index is 0.582. The molecule has 25 heavy (non-hydrogen) atoms. The molecule has 1 saturated carbocycles. The molecule has 2 aromatic heterocycles. The predicted molar refractivity (Wildman–Crippen MR) is 109 cm³/mol. The van der Waals surface area contributed by atoms with Gasteiger partial charge in [-0.15, -0.1) is 11.3 Å². The number of benzene rings is 1. The number of nitrogens with zero attached hydrogens (tertiary/aromatic N) is 2. The molecule has 2 unspecified atom stereocenters. The van der Waals surface area contributed by atoms with E-state index in [1.54, 1.807) is 11.3 Å². The van der Waals surface area contributed by atoms with Crippen molar-refractivity contribution in [1.29, 1.82) is 0 Å². The first-order chi connectivity index (χ1) is 12.0. The normalized spacial score (nSPS) is 21.0. The summed E-state index contributed by atoms with van der Waals surface area (Å²) in [6, 6.07) is 7.28. The van der Waals surface area contributed by atoms with Gasteiger partial charge in [-0.2, -0.15) is 0 Å². The summed E-state index contributed by atoms with van der Waals surface area (Å²) in [5, 5.41) is 8.26. The van der Waals surface area contributed by atoms with E-state index in [4.69, 9.17) is 4.98 Å². The van der Waals surface area contributed by atoms with Gasteiger partial charge in [0.15, 0.2) is 5.13 Å². The number of aryl methyl sites for hydroxylation is 2. The van der Waals surface area contributed by atoms with Crippen molar-refractivity contribution in [3.8, 4) is 11.3 Å². The van der Waals surface area contributed by atoms with Crippen molar-refractivity contribution < 1.29 is 0 Å². The average molecular weight is 354 g/mol. The molecule has 0 aliphatic heterocycles. The first-order valence-corrected chi connectivity index (χ1v) is 10.2. The number of hydrogen-bond donors (Lipinski definition) is 1. The van der Waals surface area contributed by atoms with E-state index in [2.05, 4.69) is 61.3 Å². The highest BCUT2D eigenvalue weighted by molar-refractivity contribution is 7.14. The summed E-state index contributed by atoms with van der Waals surface area (Å²) in [6.07, 6.45) is 5.24. The molecule has 4 rings (SSSR count). The summed E-state index contributed by atoms with van der Waals surface area (Å²) < 4.78 is 2.28. The van der Waals surface area contributed by atoms with Crippen molar-refractivity contribution in [1.82, 2.24) is 9.55 Å². The monoisotopic (exact) mass is 353 g/mol. The van der Waals surface area contributed by atoms with E-state index in [9.17, 15) is 0 Å². The Morgan fingerprint density at radius 1 is 1.24 bits per heavy atom. The van der Waals surface area contributed by atoms with Crippen LogP contribution >= 0.6 is 11.3 Å². The molecule has 3 aromatic rings. The fraction of sp³-hybridized carbons (Fsp3) is 0.476. The summed E-state index contributed by atoms with van der Waals surface area (Å²) in [6.45, 7) is 6.71. The van der Waals surface area contributed by atoms with E-state index in [0.29, 0.717) is 6.04 Å². The summed E-state index contributed by atoms with van der Waals surface area (Å²) in [7, 11) is 2.15. The largest absolute Gasteiger partial charge is 0.359 e. The lowest BCUT2D eigenvalue weighted by molar-refractivity contribution is 0.358. The molecule has 0 bridgehead atoms. The lowest BCUT2D eigenvalue weighted by Gasteiger charge is -2.27. The molecule has 0 spiro atoms. The number of fused-ring (bicyclic) bond motifs is 1. The first kappa shape index (κ1) is 16.6. The van der Waals surface area contributed by atoms with Gasteiger partial charge in [-0.1, -0.05) is 31.9 Å². The van der Waals surface area contributed by atoms with E-state index in [1.807, 2.05) is 0 Å². The van der Waals surface area contributed by atoms with Crippen molar-refractivity contribution in [2.75, 3.05) is 5.32 Å². The fourth-order valence-electron chi connectivity index (χ4n) is 4.19. The Bertz CT molecular complexity index is 905. The van der Waals surface area contributed by atoms with Crippen LogP contribution in [0.2, 0.25) is 0 Å². The summed E-state index contributed by atoms with van der Waals surface area (Å²) in [4.78, 5) is 4.94. The zero-order valence-corrected chi connectivity index (χ0v) is 16.4. The van der Waals surface area contributed by atoms with Crippen molar-refractivity contribution in [3.63, 3.8) is 0 Å². The highest BCUT2D eigenvalue weighted by Gasteiger charge is 2.21. The van der Waals surface area contributed by atoms with Crippen LogP contribution in [0.4, 0.5) is 5.13 Å². The van der Waals surface area contributed by atoms with Gasteiger partial charge in [0.2, 0.25) is 0 Å². The van der Waals surface area contributed by atoms with Gasteiger partial charge in [-0.3, -0.25) is 0 Å². The van der Waals surface area contributed by atoms with Crippen molar-refractivity contribution in [2.45, 2.75) is 52.5 Å². The van der Waals surface area contributed by atoms with Crippen LogP contribution in [0.25, 0.3) is 22.2 Å². The number of hydrogen-bond acceptors (Lipinski definition) is 3. The van der Waals surface area contributed by atoms with Crippen LogP contribution in [0.15, 0.2) is 23.6 Å². The second-order valence-corrected chi connectivity index (χ2v) is 8.55. The maximum absolute atomic E-state index is 4.94. The third-order valence-electron chi connectivity index (χ3n) is 5.67. The predicted octanol–water partition coefficient (Wildman–Crippen LogP) is 5.91. The zero-order chi connectivity index (χ0) is 17.6. The van der Waals surface area contributed by atoms with Crippen LogP contribution in [-0.4, -0.2) is 15.6 Å². The number of aromatic nitrogens is 2. The number of anilines is 1. The third-order valence-corrected chi connectivity index (χ3v) is 6.45. The van der Waals surface area contributed by atoms with Gasteiger partial charge >= 0.3 is 0 Å². The smallest absolute Gasteiger partial charge is 0.183 e. The molecule has 1 fully saturated rings. The van der Waals surface area contributed by atoms with Gasteiger partial charge in [-0.25, -0.2) is 4.98 Å². The van der Waals surface area contributed by atoms with Gasteiger partial charge in [0.25, 0.3) is 0 Å². The topological polar surface area (TPSA) is 29.9 Å². The van der Waals surface area contributed by atoms with Gasteiger partial charge < -0.3 is 9.88 Å². The van der Waals surface area contributed by atoms with Crippen LogP contribution in [0, 0.1) is 19.8 Å². The van der Waals surface area contributed by atoms with Crippen molar-refractivity contribution in [2.24, 2.45) is 13.0 Å². The van der Waals surface area contributed by atoms with Crippen LogP contribution in [0.5, 0.6) is 0 Å². The molecule has 2 atom stereocenters. The molecule has 1 N–H and O–H groups in total. The van der Waals surface area contributed by atoms with E-state index in [0.717, 1.165) is 16.7 Å². The summed E-state index contributed by atoms with van der Waals surface area (Å²) in [5.74, 6) is 0.828. The minimum atomic E-state index is 0.582. The Morgan fingerprint density at radius 3 is 2.88 bits per heavy atom. The molecule has 1 aliphatic carbocycles. The Balaban J connectivity index is 1.66. The summed E-state index contributed by atoms with van der Waals surface area (Å²) >= 11 is 1.74. The van der Waals surface area contributed by atoms with Crippen molar-refractivity contribution in [3.05, 3.63) is 34.8 Å². The van der Waals surface area contributed by atoms with Crippen LogP contribution in [0.1, 0.15) is 43.9 Å². The third kappa shape index (κ3) is 3.08. The second-order valence-electron chi connectivity index (χ2n) is 7.69. The Labute approximate surface area is 154 Å². The molecular weight excluding hydrogens is 326 g/mol. The maximum atomic E-state index is 4.94. The lowest BCUT2D eigenvalue weighted by Crippen LogP contribution is -2.26. The lowest BCUT2D eigenvalue weighted by atomic mass is 9.87. The van der Waals surface area contributed by atoms with Gasteiger partial charge in [0, 0.05) is 40.6 Å².